The van der Waals surface area contributed by atoms with E-state index in [1.54, 1.807) is 0 Å². The first-order chi connectivity index (χ1) is 14.4. The number of hydrogen-bond acceptors (Lipinski definition) is 6. The molecule has 1 aromatic heterocycles. The van der Waals surface area contributed by atoms with E-state index in [1.165, 1.54) is 23.4 Å². The first kappa shape index (κ1) is 21.2. The summed E-state index contributed by atoms with van der Waals surface area (Å²) in [7, 11) is 2.26. The minimum Gasteiger partial charge on any atom is -0.469 e. The number of H-pyrrole nitrogens is 1. The van der Waals surface area contributed by atoms with Crippen LogP contribution < -0.4 is 5.32 Å². The van der Waals surface area contributed by atoms with Crippen molar-refractivity contribution in [1.29, 1.82) is 0 Å². The van der Waals surface area contributed by atoms with Crippen molar-refractivity contribution in [3.63, 3.8) is 0 Å². The van der Waals surface area contributed by atoms with E-state index in [4.69, 9.17) is 0 Å². The molecule has 30 heavy (non-hydrogen) atoms. The molecule has 160 valence electrons. The van der Waals surface area contributed by atoms with Crippen LogP contribution in [0.5, 0.6) is 0 Å². The van der Waals surface area contributed by atoms with Gasteiger partial charge in [0.25, 0.3) is 0 Å². The van der Waals surface area contributed by atoms with Crippen molar-refractivity contribution >= 4 is 18.0 Å². The molecule has 2 aromatic rings. The molecule has 2 atom stereocenters. The standard InChI is InChI=1S/C19H20F2N4O5/c1-29-14(26)8-13(18(27)30-2)24-19(28)25-7-6-12-16(23-9-22-12)17(25)10-4-3-5-11(20)15(10)21/h3-5,9,13,17H,6-8H2,1-2H3,(H,22,23)(H,24,28)/t13-,17?/m0/s1. The second kappa shape index (κ2) is 8.89. The molecule has 0 saturated carbocycles. The lowest BCUT2D eigenvalue weighted by Crippen LogP contribution is -2.52. The molecule has 11 heteroatoms. The van der Waals surface area contributed by atoms with E-state index >= 15 is 0 Å². The zero-order valence-electron chi connectivity index (χ0n) is 16.3. The number of fused-ring (bicyclic) bond motifs is 1. The second-order valence-corrected chi connectivity index (χ2v) is 6.56. The first-order valence-electron chi connectivity index (χ1n) is 9.05. The lowest BCUT2D eigenvalue weighted by atomic mass is 9.95. The Labute approximate surface area is 170 Å². The van der Waals surface area contributed by atoms with Gasteiger partial charge in [-0.15, -0.1) is 0 Å². The van der Waals surface area contributed by atoms with E-state index in [2.05, 4.69) is 24.8 Å². The zero-order valence-corrected chi connectivity index (χ0v) is 16.3. The molecule has 1 aliphatic heterocycles. The average molecular weight is 422 g/mol. The number of urea groups is 1. The van der Waals surface area contributed by atoms with E-state index in [1.807, 2.05) is 0 Å². The Hall–Kier alpha value is -3.50. The number of amides is 2. The Morgan fingerprint density at radius 1 is 1.30 bits per heavy atom. The van der Waals surface area contributed by atoms with Gasteiger partial charge in [0, 0.05) is 24.2 Å². The molecule has 1 aliphatic rings. The fraction of sp³-hybridized carbons (Fsp3) is 0.368. The number of rotatable bonds is 5. The minimum atomic E-state index is -1.31. The number of imidazole rings is 1. The molecule has 2 heterocycles. The molecule has 1 aromatic carbocycles. The summed E-state index contributed by atoms with van der Waals surface area (Å²) in [5, 5.41) is 2.42. The van der Waals surface area contributed by atoms with Crippen LogP contribution in [0.2, 0.25) is 0 Å². The number of ether oxygens (including phenoxy) is 2. The van der Waals surface area contributed by atoms with E-state index in [9.17, 15) is 23.2 Å². The summed E-state index contributed by atoms with van der Waals surface area (Å²) in [6.45, 7) is 0.133. The summed E-state index contributed by atoms with van der Waals surface area (Å²) >= 11 is 0. The van der Waals surface area contributed by atoms with E-state index in [0.29, 0.717) is 17.8 Å². The summed E-state index contributed by atoms with van der Waals surface area (Å²) in [4.78, 5) is 44.9. The fourth-order valence-corrected chi connectivity index (χ4v) is 3.36. The summed E-state index contributed by atoms with van der Waals surface area (Å²) in [6, 6.07) is 0.553. The molecule has 0 bridgehead atoms. The number of benzene rings is 1. The lowest BCUT2D eigenvalue weighted by Gasteiger charge is -2.36. The molecule has 0 fully saturated rings. The number of halogens is 2. The van der Waals surface area contributed by atoms with Crippen molar-refractivity contribution < 1.29 is 32.6 Å². The summed E-state index contributed by atoms with van der Waals surface area (Å²) in [6.07, 6.45) is 1.34. The molecule has 0 aliphatic carbocycles. The van der Waals surface area contributed by atoms with Gasteiger partial charge in [-0.2, -0.15) is 0 Å². The van der Waals surface area contributed by atoms with Crippen molar-refractivity contribution in [2.24, 2.45) is 0 Å². The minimum absolute atomic E-state index is 0.0826. The number of esters is 2. The number of carbonyl (C=O) groups is 3. The number of nitrogens with one attached hydrogen (secondary N) is 2. The highest BCUT2D eigenvalue weighted by Crippen LogP contribution is 2.35. The third kappa shape index (κ3) is 4.09. The maximum absolute atomic E-state index is 14.6. The SMILES string of the molecule is COC(=O)C[C@H](NC(=O)N1CCc2[nH]cnc2C1c1cccc(F)c1F)C(=O)OC. The molecular formula is C19H20F2N4O5. The third-order valence-electron chi connectivity index (χ3n) is 4.84. The van der Waals surface area contributed by atoms with Crippen LogP contribution in [0, 0.1) is 11.6 Å². The van der Waals surface area contributed by atoms with Crippen LogP contribution in [0.4, 0.5) is 13.6 Å². The monoisotopic (exact) mass is 422 g/mol. The van der Waals surface area contributed by atoms with Crippen LogP contribution in [0.3, 0.4) is 0 Å². The zero-order chi connectivity index (χ0) is 21.8. The normalized spacial score (nSPS) is 16.4. The van der Waals surface area contributed by atoms with Crippen molar-refractivity contribution in [3.8, 4) is 0 Å². The maximum Gasteiger partial charge on any atom is 0.329 e. The highest BCUT2D eigenvalue weighted by molar-refractivity contribution is 5.87. The second-order valence-electron chi connectivity index (χ2n) is 6.56. The van der Waals surface area contributed by atoms with Gasteiger partial charge in [0.2, 0.25) is 0 Å². The van der Waals surface area contributed by atoms with Crippen LogP contribution in [0.1, 0.15) is 29.4 Å². The molecule has 0 saturated heterocycles. The molecular weight excluding hydrogens is 402 g/mol. The molecule has 0 radical (unpaired) electrons. The summed E-state index contributed by atoms with van der Waals surface area (Å²) in [5.41, 5.74) is 0.969. The molecule has 2 N–H and O–H groups in total. The Kier molecular flexibility index (Phi) is 6.28. The number of carbonyl (C=O) groups excluding carboxylic acids is 3. The van der Waals surface area contributed by atoms with Crippen molar-refractivity contribution in [1.82, 2.24) is 20.2 Å². The molecule has 3 rings (SSSR count). The Balaban J connectivity index is 1.94. The highest BCUT2D eigenvalue weighted by Gasteiger charge is 2.38. The van der Waals surface area contributed by atoms with Gasteiger partial charge in [-0.25, -0.2) is 23.4 Å². The van der Waals surface area contributed by atoms with Gasteiger partial charge in [-0.3, -0.25) is 4.79 Å². The van der Waals surface area contributed by atoms with Crippen LogP contribution >= 0.6 is 0 Å². The van der Waals surface area contributed by atoms with Crippen LogP contribution in [-0.4, -0.2) is 59.6 Å². The van der Waals surface area contributed by atoms with Gasteiger partial charge >= 0.3 is 18.0 Å². The molecule has 9 nitrogen and oxygen atoms in total. The maximum atomic E-state index is 14.6. The lowest BCUT2D eigenvalue weighted by molar-refractivity contribution is -0.149. The Morgan fingerprint density at radius 3 is 2.77 bits per heavy atom. The number of methoxy groups -OCH3 is 2. The van der Waals surface area contributed by atoms with Gasteiger partial charge in [-0.1, -0.05) is 12.1 Å². The first-order valence-corrected chi connectivity index (χ1v) is 9.05. The quantitative estimate of drug-likeness (QED) is 0.705. The largest absolute Gasteiger partial charge is 0.469 e. The van der Waals surface area contributed by atoms with Gasteiger partial charge in [0.15, 0.2) is 11.6 Å². The number of aromatic nitrogens is 2. The fourth-order valence-electron chi connectivity index (χ4n) is 3.36. The van der Waals surface area contributed by atoms with Gasteiger partial charge in [0.1, 0.15) is 12.1 Å². The average Bonchev–Trinajstić information content (AvgIpc) is 3.22. The number of aromatic amines is 1. The van der Waals surface area contributed by atoms with Crippen LogP contribution in [0.25, 0.3) is 0 Å². The van der Waals surface area contributed by atoms with Crippen molar-refractivity contribution in [2.75, 3.05) is 20.8 Å². The Morgan fingerprint density at radius 2 is 2.07 bits per heavy atom. The topological polar surface area (TPSA) is 114 Å². The highest BCUT2D eigenvalue weighted by atomic mass is 19.2. The van der Waals surface area contributed by atoms with E-state index in [0.717, 1.165) is 20.3 Å². The van der Waals surface area contributed by atoms with Gasteiger partial charge in [-0.05, 0) is 6.07 Å². The summed E-state index contributed by atoms with van der Waals surface area (Å²) < 4.78 is 37.6. The van der Waals surface area contributed by atoms with Gasteiger partial charge in [0.05, 0.1) is 32.7 Å². The van der Waals surface area contributed by atoms with E-state index < -0.39 is 48.1 Å². The van der Waals surface area contributed by atoms with Crippen LogP contribution in [0.15, 0.2) is 24.5 Å². The van der Waals surface area contributed by atoms with Crippen LogP contribution in [-0.2, 0) is 25.5 Å². The summed E-state index contributed by atoms with van der Waals surface area (Å²) in [5.74, 6) is -3.74. The molecule has 0 spiro atoms. The predicted octanol–water partition coefficient (Wildman–Crippen LogP) is 1.45. The smallest absolute Gasteiger partial charge is 0.329 e. The number of nitrogens with zero attached hydrogens (tertiary/aromatic N) is 2. The third-order valence-corrected chi connectivity index (χ3v) is 4.84. The Bertz CT molecular complexity index is 964. The van der Waals surface area contributed by atoms with Crippen molar-refractivity contribution in [3.05, 3.63) is 53.1 Å². The molecule has 1 unspecified atom stereocenters. The molecule has 2 amide bonds. The predicted molar refractivity (Wildman–Crippen MR) is 98.2 cm³/mol. The number of hydrogen-bond donors (Lipinski definition) is 2. The van der Waals surface area contributed by atoms with E-state index in [-0.39, 0.29) is 12.1 Å². The van der Waals surface area contributed by atoms with Gasteiger partial charge < -0.3 is 24.7 Å². The van der Waals surface area contributed by atoms with Crippen molar-refractivity contribution in [2.45, 2.75) is 24.9 Å².